The van der Waals surface area contributed by atoms with E-state index in [1.165, 1.54) is 18.2 Å². The first-order valence-electron chi connectivity index (χ1n) is 13.1. The number of fused-ring (bicyclic) bond motifs is 2. The van der Waals surface area contributed by atoms with Gasteiger partial charge < -0.3 is 30.8 Å². The first-order valence-corrected chi connectivity index (χ1v) is 13.1. The van der Waals surface area contributed by atoms with Crippen LogP contribution in [-0.2, 0) is 52.9 Å². The molecule has 0 saturated heterocycles. The van der Waals surface area contributed by atoms with Crippen molar-refractivity contribution >= 4 is 11.9 Å². The SMILES string of the molecule is CC.CCOc1ccc(CC(=O)O)c2c1CC(N)C2.CCOc1ccc2c(c1CC(=O)OC)CC(N)C2. The molecule has 0 spiro atoms. The molecule has 2 aromatic carbocycles. The summed E-state index contributed by atoms with van der Waals surface area (Å²) < 4.78 is 15.9. The minimum Gasteiger partial charge on any atom is -0.494 e. The van der Waals surface area contributed by atoms with Crippen molar-refractivity contribution in [3.05, 3.63) is 57.6 Å². The summed E-state index contributed by atoms with van der Waals surface area (Å²) in [4.78, 5) is 22.3. The van der Waals surface area contributed by atoms with E-state index in [4.69, 9.17) is 30.8 Å². The Bertz CT molecular complexity index is 1070. The first kappa shape index (κ1) is 30.1. The van der Waals surface area contributed by atoms with E-state index in [0.29, 0.717) is 13.2 Å². The van der Waals surface area contributed by atoms with Crippen LogP contribution in [0.4, 0.5) is 0 Å². The molecule has 4 rings (SSSR count). The highest BCUT2D eigenvalue weighted by molar-refractivity contribution is 5.74. The molecule has 8 nitrogen and oxygen atoms in total. The Labute approximate surface area is 220 Å². The van der Waals surface area contributed by atoms with Gasteiger partial charge in [-0.2, -0.15) is 0 Å². The van der Waals surface area contributed by atoms with Gasteiger partial charge in [-0.1, -0.05) is 26.0 Å². The highest BCUT2D eigenvalue weighted by atomic mass is 16.5. The molecule has 37 heavy (non-hydrogen) atoms. The molecule has 0 aromatic heterocycles. The maximum Gasteiger partial charge on any atom is 0.310 e. The van der Waals surface area contributed by atoms with E-state index >= 15 is 0 Å². The molecule has 2 aromatic rings. The summed E-state index contributed by atoms with van der Waals surface area (Å²) in [7, 11) is 1.40. The Kier molecular flexibility index (Phi) is 11.9. The smallest absolute Gasteiger partial charge is 0.310 e. The molecule has 8 heteroatoms. The zero-order chi connectivity index (χ0) is 27.5. The predicted octanol–water partition coefficient (Wildman–Crippen LogP) is 3.39. The topological polar surface area (TPSA) is 134 Å². The number of carbonyl (C=O) groups excluding carboxylic acids is 1. The fourth-order valence-corrected chi connectivity index (χ4v) is 4.90. The Morgan fingerprint density at radius 2 is 1.41 bits per heavy atom. The lowest BCUT2D eigenvalue weighted by Gasteiger charge is -2.14. The number of nitrogens with two attached hydrogens (primary N) is 2. The van der Waals surface area contributed by atoms with Crippen LogP contribution in [0.25, 0.3) is 0 Å². The molecule has 2 aliphatic rings. The molecule has 0 saturated carbocycles. The molecule has 0 bridgehead atoms. The summed E-state index contributed by atoms with van der Waals surface area (Å²) in [6, 6.07) is 7.91. The normalized spacial score (nSPS) is 16.8. The third kappa shape index (κ3) is 7.94. The van der Waals surface area contributed by atoms with Gasteiger partial charge >= 0.3 is 11.9 Å². The molecule has 0 heterocycles. The number of carboxylic acid groups (broad SMARTS) is 1. The number of rotatable bonds is 8. The zero-order valence-electron chi connectivity index (χ0n) is 22.8. The monoisotopic (exact) mass is 514 g/mol. The van der Waals surface area contributed by atoms with E-state index in [2.05, 4.69) is 0 Å². The third-order valence-corrected chi connectivity index (χ3v) is 6.34. The average Bonchev–Trinajstić information content (AvgIpc) is 3.46. The molecule has 2 unspecified atom stereocenters. The lowest BCUT2D eigenvalue weighted by molar-refractivity contribution is -0.140. The van der Waals surface area contributed by atoms with Crippen molar-refractivity contribution < 1.29 is 28.9 Å². The number of methoxy groups -OCH3 is 1. The van der Waals surface area contributed by atoms with E-state index in [1.54, 1.807) is 0 Å². The van der Waals surface area contributed by atoms with Gasteiger partial charge in [0.15, 0.2) is 0 Å². The van der Waals surface area contributed by atoms with E-state index < -0.39 is 5.97 Å². The van der Waals surface area contributed by atoms with Gasteiger partial charge in [0.1, 0.15) is 11.5 Å². The van der Waals surface area contributed by atoms with Gasteiger partial charge in [0.25, 0.3) is 0 Å². The van der Waals surface area contributed by atoms with Gasteiger partial charge in [-0.15, -0.1) is 0 Å². The van der Waals surface area contributed by atoms with Crippen molar-refractivity contribution in [3.63, 3.8) is 0 Å². The van der Waals surface area contributed by atoms with Crippen molar-refractivity contribution in [2.75, 3.05) is 20.3 Å². The number of esters is 1. The van der Waals surface area contributed by atoms with E-state index in [9.17, 15) is 9.59 Å². The maximum atomic E-state index is 11.5. The quantitative estimate of drug-likeness (QED) is 0.457. The summed E-state index contributed by atoms with van der Waals surface area (Å²) >= 11 is 0. The van der Waals surface area contributed by atoms with Gasteiger partial charge in [0.05, 0.1) is 33.2 Å². The fourth-order valence-electron chi connectivity index (χ4n) is 4.90. The summed E-state index contributed by atoms with van der Waals surface area (Å²) in [5.74, 6) is 0.571. The average molecular weight is 515 g/mol. The van der Waals surface area contributed by atoms with Crippen molar-refractivity contribution in [2.24, 2.45) is 11.5 Å². The lowest BCUT2D eigenvalue weighted by atomic mass is 9.99. The van der Waals surface area contributed by atoms with E-state index in [0.717, 1.165) is 59.4 Å². The zero-order valence-corrected chi connectivity index (χ0v) is 22.8. The van der Waals surface area contributed by atoms with Crippen molar-refractivity contribution in [3.8, 4) is 11.5 Å². The Morgan fingerprint density at radius 1 is 0.838 bits per heavy atom. The van der Waals surface area contributed by atoms with Gasteiger partial charge in [0, 0.05) is 17.6 Å². The van der Waals surface area contributed by atoms with Crippen molar-refractivity contribution in [2.45, 2.75) is 78.3 Å². The molecule has 0 aliphatic heterocycles. The standard InChI is InChI=1S/C14H19NO3.C13H17NO3.C2H6/c1-3-18-13-5-4-9-6-10(15)7-11(9)12(13)8-14(16)17-2;1-2-17-12-4-3-8(5-13(15)16)10-6-9(14)7-11(10)12;1-2/h4-5,10H,3,6-8,15H2,1-2H3;3-4,9H,2,5-7,14H2,1H3,(H,15,16);1-2H3. The fraction of sp³-hybridized carbons (Fsp3) is 0.517. The second-order valence-electron chi connectivity index (χ2n) is 8.89. The Balaban J connectivity index is 0.000000244. The second-order valence-corrected chi connectivity index (χ2v) is 8.89. The second kappa shape index (κ2) is 14.6. The van der Waals surface area contributed by atoms with Crippen LogP contribution in [0, 0.1) is 0 Å². The predicted molar refractivity (Wildman–Crippen MR) is 144 cm³/mol. The highest BCUT2D eigenvalue weighted by Crippen LogP contribution is 2.34. The third-order valence-electron chi connectivity index (χ3n) is 6.34. The summed E-state index contributed by atoms with van der Waals surface area (Å²) in [6.07, 6.45) is 3.51. The number of carbonyl (C=O) groups is 2. The van der Waals surface area contributed by atoms with Crippen LogP contribution >= 0.6 is 0 Å². The van der Waals surface area contributed by atoms with Crippen LogP contribution in [0.3, 0.4) is 0 Å². The van der Waals surface area contributed by atoms with Gasteiger partial charge in [-0.05, 0) is 79.5 Å². The molecule has 0 amide bonds. The van der Waals surface area contributed by atoms with Crippen LogP contribution in [0.1, 0.15) is 61.1 Å². The number of benzene rings is 2. The number of carboxylic acids is 1. The van der Waals surface area contributed by atoms with Crippen LogP contribution in [0.15, 0.2) is 24.3 Å². The molecule has 204 valence electrons. The Hall–Kier alpha value is -3.10. The first-order chi connectivity index (χ1) is 17.8. The van der Waals surface area contributed by atoms with E-state index in [-0.39, 0.29) is 30.9 Å². The van der Waals surface area contributed by atoms with Crippen LogP contribution in [-0.4, -0.2) is 49.5 Å². The number of hydrogen-bond donors (Lipinski definition) is 3. The molecule has 2 aliphatic carbocycles. The summed E-state index contributed by atoms with van der Waals surface area (Å²) in [5.41, 5.74) is 18.3. The van der Waals surface area contributed by atoms with Crippen molar-refractivity contribution in [1.29, 1.82) is 0 Å². The Morgan fingerprint density at radius 3 is 2.03 bits per heavy atom. The summed E-state index contributed by atoms with van der Waals surface area (Å²) in [6.45, 7) is 9.06. The van der Waals surface area contributed by atoms with Crippen LogP contribution in [0.2, 0.25) is 0 Å². The maximum absolute atomic E-state index is 11.5. The van der Waals surface area contributed by atoms with Gasteiger partial charge in [0.2, 0.25) is 0 Å². The molecule has 0 fully saturated rings. The van der Waals surface area contributed by atoms with E-state index in [1.807, 2.05) is 52.0 Å². The molecule has 2 atom stereocenters. The summed E-state index contributed by atoms with van der Waals surface area (Å²) in [5, 5.41) is 8.87. The van der Waals surface area contributed by atoms with Crippen LogP contribution in [0.5, 0.6) is 11.5 Å². The highest BCUT2D eigenvalue weighted by Gasteiger charge is 2.26. The molecule has 0 radical (unpaired) electrons. The number of aliphatic carboxylic acids is 1. The molecular weight excluding hydrogens is 472 g/mol. The minimum atomic E-state index is -0.808. The largest absolute Gasteiger partial charge is 0.494 e. The molecular formula is C29H42N2O6. The van der Waals surface area contributed by atoms with Gasteiger partial charge in [-0.25, -0.2) is 0 Å². The lowest BCUT2D eigenvalue weighted by Crippen LogP contribution is -2.19. The van der Waals surface area contributed by atoms with Gasteiger partial charge in [-0.3, -0.25) is 9.59 Å². The van der Waals surface area contributed by atoms with Crippen LogP contribution < -0.4 is 20.9 Å². The number of ether oxygens (including phenoxy) is 3. The molecule has 5 N–H and O–H groups in total. The minimum absolute atomic E-state index is 0.0570. The number of hydrogen-bond acceptors (Lipinski definition) is 7. The van der Waals surface area contributed by atoms with Crippen molar-refractivity contribution in [1.82, 2.24) is 0 Å².